The Labute approximate surface area is 167 Å². The molecular formula is C18H11Cl2F3NO4-. The second-order valence-electron chi connectivity index (χ2n) is 5.99. The molecule has 1 heterocycles. The molecule has 28 heavy (non-hydrogen) atoms. The lowest BCUT2D eigenvalue weighted by atomic mass is 9.86. The van der Waals surface area contributed by atoms with Crippen LogP contribution in [-0.4, -0.2) is 25.0 Å². The molecule has 2 aromatic carbocycles. The van der Waals surface area contributed by atoms with E-state index in [-0.39, 0.29) is 38.2 Å². The lowest BCUT2D eigenvalue weighted by molar-refractivity contribution is -0.275. The number of carbonyl (C=O) groups excluding carboxylic acids is 1. The number of alkyl halides is 3. The number of oxime groups is 1. The quantitative estimate of drug-likeness (QED) is 0.733. The van der Waals surface area contributed by atoms with E-state index in [1.54, 1.807) is 0 Å². The molecule has 148 valence electrons. The molecule has 0 saturated heterocycles. The Morgan fingerprint density at radius 2 is 1.86 bits per heavy atom. The number of carboxylic acid groups (broad SMARTS) is 1. The summed E-state index contributed by atoms with van der Waals surface area (Å²) in [6.45, 7) is 0. The molecule has 0 radical (unpaired) electrons. The summed E-state index contributed by atoms with van der Waals surface area (Å²) in [5.74, 6) is -1.55. The molecule has 1 aliphatic rings. The highest BCUT2D eigenvalue weighted by Gasteiger charge is 2.62. The summed E-state index contributed by atoms with van der Waals surface area (Å²) in [6.07, 6.45) is -5.50. The van der Waals surface area contributed by atoms with Gasteiger partial charge in [0.2, 0.25) is 0 Å². The molecular weight excluding hydrogens is 422 g/mol. The number of ether oxygens (including phenoxy) is 1. The first-order valence-corrected chi connectivity index (χ1v) is 8.51. The molecule has 0 N–H and O–H groups in total. The zero-order valence-corrected chi connectivity index (χ0v) is 15.7. The Kier molecular flexibility index (Phi) is 5.20. The van der Waals surface area contributed by atoms with Crippen LogP contribution >= 0.6 is 23.2 Å². The van der Waals surface area contributed by atoms with Crippen LogP contribution in [0, 0.1) is 0 Å². The van der Waals surface area contributed by atoms with Crippen LogP contribution in [0.15, 0.2) is 41.6 Å². The van der Waals surface area contributed by atoms with Gasteiger partial charge in [0.15, 0.2) is 0 Å². The average molecular weight is 433 g/mol. The van der Waals surface area contributed by atoms with Gasteiger partial charge in [-0.05, 0) is 30.3 Å². The highest BCUT2D eigenvalue weighted by molar-refractivity contribution is 6.34. The summed E-state index contributed by atoms with van der Waals surface area (Å²) in [4.78, 5) is 16.0. The van der Waals surface area contributed by atoms with Gasteiger partial charge in [-0.2, -0.15) is 13.2 Å². The van der Waals surface area contributed by atoms with Crippen molar-refractivity contribution in [1.29, 1.82) is 0 Å². The largest absolute Gasteiger partial charge is 0.545 e. The third-order valence-corrected chi connectivity index (χ3v) is 4.71. The summed E-state index contributed by atoms with van der Waals surface area (Å²) in [5, 5.41) is 14.7. The number of rotatable bonds is 4. The van der Waals surface area contributed by atoms with E-state index in [0.29, 0.717) is 0 Å². The molecule has 0 saturated carbocycles. The number of methoxy groups -OCH3 is 1. The Bertz CT molecular complexity index is 958. The van der Waals surface area contributed by atoms with Gasteiger partial charge in [-0.1, -0.05) is 34.4 Å². The second kappa shape index (κ2) is 7.18. The molecule has 10 heteroatoms. The Morgan fingerprint density at radius 1 is 1.21 bits per heavy atom. The number of benzene rings is 2. The first kappa shape index (κ1) is 20.3. The molecule has 3 rings (SSSR count). The van der Waals surface area contributed by atoms with Crippen LogP contribution in [0.1, 0.15) is 27.9 Å². The summed E-state index contributed by atoms with van der Waals surface area (Å²) in [5.41, 5.74) is -3.15. The molecule has 5 nitrogen and oxygen atoms in total. The second-order valence-corrected chi connectivity index (χ2v) is 6.86. The van der Waals surface area contributed by atoms with Gasteiger partial charge in [-0.15, -0.1) is 0 Å². The van der Waals surface area contributed by atoms with Gasteiger partial charge in [0.25, 0.3) is 5.60 Å². The van der Waals surface area contributed by atoms with Gasteiger partial charge in [0.1, 0.15) is 5.75 Å². The highest BCUT2D eigenvalue weighted by atomic mass is 35.5. The van der Waals surface area contributed by atoms with Crippen LogP contribution in [0.5, 0.6) is 5.75 Å². The summed E-state index contributed by atoms with van der Waals surface area (Å²) < 4.78 is 46.9. The van der Waals surface area contributed by atoms with Crippen LogP contribution in [0.3, 0.4) is 0 Å². The zero-order chi connectivity index (χ0) is 20.7. The molecule has 0 aliphatic carbocycles. The van der Waals surface area contributed by atoms with Gasteiger partial charge in [-0.25, -0.2) is 0 Å². The maximum Gasteiger partial charge on any atom is 0.435 e. The minimum Gasteiger partial charge on any atom is -0.545 e. The fourth-order valence-electron chi connectivity index (χ4n) is 2.88. The van der Waals surface area contributed by atoms with E-state index in [1.165, 1.54) is 25.3 Å². The van der Waals surface area contributed by atoms with Crippen molar-refractivity contribution in [2.24, 2.45) is 5.16 Å². The summed E-state index contributed by atoms with van der Waals surface area (Å²) in [7, 11) is 1.23. The Morgan fingerprint density at radius 3 is 2.39 bits per heavy atom. The minimum absolute atomic E-state index is 0.0168. The van der Waals surface area contributed by atoms with E-state index in [1.807, 2.05) is 0 Å². The normalized spacial score (nSPS) is 19.1. The van der Waals surface area contributed by atoms with Crippen molar-refractivity contribution in [3.63, 3.8) is 0 Å². The molecule has 1 atom stereocenters. The number of hydrogen-bond acceptors (Lipinski definition) is 5. The Balaban J connectivity index is 2.03. The predicted octanol–water partition coefficient (Wildman–Crippen LogP) is 3.95. The number of hydrogen-bond donors (Lipinski definition) is 0. The third-order valence-electron chi connectivity index (χ3n) is 4.27. The number of carbonyl (C=O) groups is 1. The van der Waals surface area contributed by atoms with Crippen molar-refractivity contribution >= 4 is 34.9 Å². The topological polar surface area (TPSA) is 71.0 Å². The smallest absolute Gasteiger partial charge is 0.435 e. The Hall–Kier alpha value is -2.45. The van der Waals surface area contributed by atoms with Crippen LogP contribution in [-0.2, 0) is 10.4 Å². The van der Waals surface area contributed by atoms with Crippen LogP contribution in [0.4, 0.5) is 13.2 Å². The van der Waals surface area contributed by atoms with E-state index >= 15 is 0 Å². The molecule has 0 bridgehead atoms. The number of aromatic carboxylic acids is 1. The minimum atomic E-state index is -4.83. The number of nitrogens with zero attached hydrogens (tertiary/aromatic N) is 1. The van der Waals surface area contributed by atoms with Crippen LogP contribution < -0.4 is 9.84 Å². The molecule has 2 aromatic rings. The third kappa shape index (κ3) is 3.49. The van der Waals surface area contributed by atoms with Crippen molar-refractivity contribution < 1.29 is 32.6 Å². The van der Waals surface area contributed by atoms with E-state index in [2.05, 4.69) is 5.16 Å². The predicted molar refractivity (Wildman–Crippen MR) is 93.8 cm³/mol. The first-order chi connectivity index (χ1) is 13.1. The fourth-order valence-corrected chi connectivity index (χ4v) is 3.41. The van der Waals surface area contributed by atoms with E-state index in [9.17, 15) is 23.1 Å². The van der Waals surface area contributed by atoms with Crippen molar-refractivity contribution in [3.8, 4) is 5.75 Å². The van der Waals surface area contributed by atoms with Gasteiger partial charge in [-0.3, -0.25) is 0 Å². The van der Waals surface area contributed by atoms with Crippen molar-refractivity contribution in [2.45, 2.75) is 18.2 Å². The zero-order valence-electron chi connectivity index (χ0n) is 14.1. The standard InChI is InChI=1S/C18H12Cl2F3NO4/c1-27-15-4-9(2-3-13(15)16(25)26)14-8-17(28-24-14,18(21,22)23)10-5-11(19)7-12(20)6-10/h2-7H,8H2,1H3,(H,25,26)/p-1. The van der Waals surface area contributed by atoms with Gasteiger partial charge in [0, 0.05) is 33.2 Å². The van der Waals surface area contributed by atoms with Crippen molar-refractivity contribution in [1.82, 2.24) is 0 Å². The van der Waals surface area contributed by atoms with Gasteiger partial charge >= 0.3 is 6.18 Å². The molecule has 1 unspecified atom stereocenters. The lowest BCUT2D eigenvalue weighted by Crippen LogP contribution is -2.42. The lowest BCUT2D eigenvalue weighted by Gasteiger charge is -2.29. The molecule has 0 aromatic heterocycles. The van der Waals surface area contributed by atoms with Crippen molar-refractivity contribution in [3.05, 3.63) is 63.1 Å². The molecule has 0 spiro atoms. The number of halogens is 5. The van der Waals surface area contributed by atoms with E-state index in [0.717, 1.165) is 18.2 Å². The summed E-state index contributed by atoms with van der Waals surface area (Å²) in [6, 6.07) is 7.24. The van der Waals surface area contributed by atoms with Crippen LogP contribution in [0.2, 0.25) is 10.0 Å². The molecule has 0 amide bonds. The number of carboxylic acids is 1. The monoisotopic (exact) mass is 432 g/mol. The highest BCUT2D eigenvalue weighted by Crippen LogP contribution is 2.49. The first-order valence-electron chi connectivity index (χ1n) is 7.75. The maximum atomic E-state index is 14.0. The van der Waals surface area contributed by atoms with Crippen LogP contribution in [0.25, 0.3) is 0 Å². The molecule has 1 aliphatic heterocycles. The van der Waals surface area contributed by atoms with Gasteiger partial charge in [0.05, 0.1) is 18.8 Å². The average Bonchev–Trinajstić information content (AvgIpc) is 3.07. The SMILES string of the molecule is COc1cc(C2=NOC(c3cc(Cl)cc(Cl)c3)(C(F)(F)F)C2)ccc1C(=O)[O-]. The molecule has 0 fully saturated rings. The summed E-state index contributed by atoms with van der Waals surface area (Å²) >= 11 is 11.7. The van der Waals surface area contributed by atoms with Gasteiger partial charge < -0.3 is 19.5 Å². The van der Waals surface area contributed by atoms with Crippen molar-refractivity contribution in [2.75, 3.05) is 7.11 Å². The van der Waals surface area contributed by atoms with E-state index in [4.69, 9.17) is 32.8 Å². The van der Waals surface area contributed by atoms with E-state index < -0.39 is 24.2 Å². The fraction of sp³-hybridized carbons (Fsp3) is 0.222. The maximum absolute atomic E-state index is 14.0.